The summed E-state index contributed by atoms with van der Waals surface area (Å²) in [5, 5.41) is 10.5. The van der Waals surface area contributed by atoms with Crippen molar-refractivity contribution in [3.05, 3.63) is 28.8 Å². The van der Waals surface area contributed by atoms with Crippen LogP contribution in [0.3, 0.4) is 0 Å². The van der Waals surface area contributed by atoms with Gasteiger partial charge < -0.3 is 10.0 Å². The van der Waals surface area contributed by atoms with Crippen LogP contribution in [0.15, 0.2) is 18.2 Å². The zero-order valence-corrected chi connectivity index (χ0v) is 9.76. The molecule has 1 N–H and O–H groups in total. The Kier molecular flexibility index (Phi) is 3.07. The number of halogens is 1. The van der Waals surface area contributed by atoms with Gasteiger partial charge in [0.2, 0.25) is 0 Å². The van der Waals surface area contributed by atoms with Crippen molar-refractivity contribution < 1.29 is 5.11 Å². The summed E-state index contributed by atoms with van der Waals surface area (Å²) < 4.78 is 0. The summed E-state index contributed by atoms with van der Waals surface area (Å²) in [5.74, 6) is 0. The summed E-state index contributed by atoms with van der Waals surface area (Å²) in [6.07, 6.45) is 0. The van der Waals surface area contributed by atoms with Crippen molar-refractivity contribution in [2.24, 2.45) is 0 Å². The maximum Gasteiger partial charge on any atom is 0.0841 e. The fourth-order valence-corrected chi connectivity index (χ4v) is 1.52. The molecule has 0 aliphatic heterocycles. The van der Waals surface area contributed by atoms with Gasteiger partial charge in [-0.05, 0) is 31.5 Å². The highest BCUT2D eigenvalue weighted by Gasteiger charge is 2.17. The van der Waals surface area contributed by atoms with E-state index in [0.717, 1.165) is 11.3 Å². The molecule has 0 unspecified atom stereocenters. The number of aliphatic hydroxyl groups is 1. The Balaban J connectivity index is 3.20. The lowest BCUT2D eigenvalue weighted by Gasteiger charge is -2.21. The largest absolute Gasteiger partial charge is 0.386 e. The number of nitrogens with zero attached hydrogens (tertiary/aromatic N) is 1. The van der Waals surface area contributed by atoms with Crippen LogP contribution in [0.25, 0.3) is 0 Å². The van der Waals surface area contributed by atoms with Gasteiger partial charge in [-0.2, -0.15) is 0 Å². The summed E-state index contributed by atoms with van der Waals surface area (Å²) in [7, 11) is 3.85. The number of anilines is 1. The Morgan fingerprint density at radius 1 is 1.29 bits per heavy atom. The van der Waals surface area contributed by atoms with E-state index in [-0.39, 0.29) is 0 Å². The van der Waals surface area contributed by atoms with E-state index < -0.39 is 5.60 Å². The highest BCUT2D eigenvalue weighted by Crippen LogP contribution is 2.29. The van der Waals surface area contributed by atoms with Crippen molar-refractivity contribution >= 4 is 17.3 Å². The van der Waals surface area contributed by atoms with Gasteiger partial charge in [0.05, 0.1) is 16.3 Å². The number of hydrogen-bond acceptors (Lipinski definition) is 2. The van der Waals surface area contributed by atoms with Crippen LogP contribution in [-0.2, 0) is 5.60 Å². The Bertz CT molecular complexity index is 329. The monoisotopic (exact) mass is 213 g/mol. The summed E-state index contributed by atoms with van der Waals surface area (Å²) >= 11 is 6.02. The molecule has 0 atom stereocenters. The Hall–Kier alpha value is -0.730. The fourth-order valence-electron chi connectivity index (χ4n) is 1.24. The molecule has 1 aromatic rings. The highest BCUT2D eigenvalue weighted by atomic mass is 35.5. The van der Waals surface area contributed by atoms with Gasteiger partial charge in [-0.3, -0.25) is 0 Å². The zero-order chi connectivity index (χ0) is 10.9. The van der Waals surface area contributed by atoms with E-state index in [0.29, 0.717) is 5.02 Å². The maximum atomic E-state index is 9.82. The Morgan fingerprint density at radius 3 is 2.29 bits per heavy atom. The minimum atomic E-state index is -0.824. The molecule has 0 spiro atoms. The third-order valence-electron chi connectivity index (χ3n) is 2.13. The van der Waals surface area contributed by atoms with E-state index >= 15 is 0 Å². The lowest BCUT2D eigenvalue weighted by atomic mass is 9.98. The normalized spacial score (nSPS) is 11.6. The summed E-state index contributed by atoms with van der Waals surface area (Å²) in [5.41, 5.74) is 0.965. The van der Waals surface area contributed by atoms with Gasteiger partial charge in [-0.1, -0.05) is 17.7 Å². The quantitative estimate of drug-likeness (QED) is 0.817. The van der Waals surface area contributed by atoms with E-state index in [4.69, 9.17) is 11.6 Å². The Morgan fingerprint density at radius 2 is 1.86 bits per heavy atom. The van der Waals surface area contributed by atoms with Crippen LogP contribution < -0.4 is 4.90 Å². The van der Waals surface area contributed by atoms with Crippen LogP contribution in [0.4, 0.5) is 5.69 Å². The van der Waals surface area contributed by atoms with Crippen molar-refractivity contribution in [3.63, 3.8) is 0 Å². The molecule has 1 rings (SSSR count). The van der Waals surface area contributed by atoms with Crippen LogP contribution >= 0.6 is 11.6 Å². The number of hydrogen-bond donors (Lipinski definition) is 1. The molecule has 14 heavy (non-hydrogen) atoms. The topological polar surface area (TPSA) is 23.5 Å². The van der Waals surface area contributed by atoms with Crippen LogP contribution in [0.2, 0.25) is 5.02 Å². The van der Waals surface area contributed by atoms with E-state index in [1.165, 1.54) is 0 Å². The molecule has 0 aromatic heterocycles. The molecule has 0 heterocycles. The third-order valence-corrected chi connectivity index (χ3v) is 2.45. The van der Waals surface area contributed by atoms with E-state index in [1.54, 1.807) is 13.8 Å². The minimum Gasteiger partial charge on any atom is -0.386 e. The van der Waals surface area contributed by atoms with Crippen molar-refractivity contribution in [2.75, 3.05) is 19.0 Å². The van der Waals surface area contributed by atoms with Crippen LogP contribution in [0.1, 0.15) is 19.4 Å². The van der Waals surface area contributed by atoms with E-state index in [1.807, 2.05) is 37.2 Å². The predicted molar refractivity (Wildman–Crippen MR) is 61.0 cm³/mol. The number of rotatable bonds is 2. The first-order chi connectivity index (χ1) is 6.32. The van der Waals surface area contributed by atoms with Crippen LogP contribution in [0, 0.1) is 0 Å². The second-order valence-corrected chi connectivity index (χ2v) is 4.53. The predicted octanol–water partition coefficient (Wildman–Crippen LogP) is 2.63. The van der Waals surface area contributed by atoms with Gasteiger partial charge in [0.15, 0.2) is 0 Å². The van der Waals surface area contributed by atoms with Crippen molar-refractivity contribution in [1.82, 2.24) is 0 Å². The van der Waals surface area contributed by atoms with Crippen molar-refractivity contribution in [1.29, 1.82) is 0 Å². The van der Waals surface area contributed by atoms with Gasteiger partial charge in [-0.25, -0.2) is 0 Å². The summed E-state index contributed by atoms with van der Waals surface area (Å²) in [6.45, 7) is 3.52. The number of benzene rings is 1. The fraction of sp³-hybridized carbons (Fsp3) is 0.455. The average molecular weight is 214 g/mol. The molecule has 1 aromatic carbocycles. The molecule has 0 fully saturated rings. The second kappa shape index (κ2) is 3.79. The molecule has 0 radical (unpaired) electrons. The Labute approximate surface area is 90.1 Å². The molecule has 2 nitrogen and oxygen atoms in total. The molecule has 0 amide bonds. The first-order valence-corrected chi connectivity index (χ1v) is 4.90. The van der Waals surface area contributed by atoms with Gasteiger partial charge in [-0.15, -0.1) is 0 Å². The maximum absolute atomic E-state index is 9.82. The summed E-state index contributed by atoms with van der Waals surface area (Å²) in [4.78, 5) is 1.93. The van der Waals surface area contributed by atoms with Gasteiger partial charge in [0.25, 0.3) is 0 Å². The molecule has 0 saturated carbocycles. The zero-order valence-electron chi connectivity index (χ0n) is 9.00. The molecule has 78 valence electrons. The molecular weight excluding hydrogens is 198 g/mol. The van der Waals surface area contributed by atoms with E-state index in [2.05, 4.69) is 0 Å². The van der Waals surface area contributed by atoms with Gasteiger partial charge in [0, 0.05) is 14.1 Å². The first kappa shape index (κ1) is 11.3. The molecule has 0 saturated heterocycles. The average Bonchev–Trinajstić information content (AvgIpc) is 2.02. The van der Waals surface area contributed by atoms with Crippen molar-refractivity contribution in [3.8, 4) is 0 Å². The third kappa shape index (κ3) is 2.40. The molecule has 3 heteroatoms. The summed E-state index contributed by atoms with van der Waals surface area (Å²) in [6, 6.07) is 5.56. The lowest BCUT2D eigenvalue weighted by Crippen LogP contribution is -2.17. The minimum absolute atomic E-state index is 0.697. The lowest BCUT2D eigenvalue weighted by molar-refractivity contribution is 0.0786. The smallest absolute Gasteiger partial charge is 0.0841 e. The van der Waals surface area contributed by atoms with Crippen LogP contribution in [-0.4, -0.2) is 19.2 Å². The van der Waals surface area contributed by atoms with Crippen LogP contribution in [0.5, 0.6) is 0 Å². The standard InChI is InChI=1S/C11H16ClNO/c1-11(2,14)8-5-6-9(12)10(7-8)13(3)4/h5-7,14H,1-4H3. The van der Waals surface area contributed by atoms with E-state index in [9.17, 15) is 5.11 Å². The second-order valence-electron chi connectivity index (χ2n) is 4.12. The first-order valence-electron chi connectivity index (χ1n) is 4.52. The molecular formula is C11H16ClNO. The van der Waals surface area contributed by atoms with Crippen molar-refractivity contribution in [2.45, 2.75) is 19.4 Å². The van der Waals surface area contributed by atoms with Gasteiger partial charge in [0.1, 0.15) is 0 Å². The SMILES string of the molecule is CN(C)c1cc(C(C)(C)O)ccc1Cl. The van der Waals surface area contributed by atoms with Gasteiger partial charge >= 0.3 is 0 Å². The molecule has 0 aliphatic rings. The highest BCUT2D eigenvalue weighted by molar-refractivity contribution is 6.33. The molecule has 0 bridgehead atoms. The molecule has 0 aliphatic carbocycles.